The van der Waals surface area contributed by atoms with E-state index in [0.717, 1.165) is 18.6 Å². The predicted molar refractivity (Wildman–Crippen MR) is 87.6 cm³/mol. The van der Waals surface area contributed by atoms with Crippen molar-refractivity contribution in [3.05, 3.63) is 29.3 Å². The number of aliphatic carboxylic acids is 1. The fraction of sp³-hybridized carbons (Fsp3) is 0.556. The molecule has 0 heterocycles. The van der Waals surface area contributed by atoms with E-state index >= 15 is 0 Å². The molecule has 0 saturated heterocycles. The van der Waals surface area contributed by atoms with Crippen molar-refractivity contribution in [1.82, 2.24) is 5.32 Å². The van der Waals surface area contributed by atoms with E-state index in [9.17, 15) is 9.59 Å². The lowest BCUT2D eigenvalue weighted by atomic mass is 10.0. The molecule has 5 nitrogen and oxygen atoms in total. The summed E-state index contributed by atoms with van der Waals surface area (Å²) in [5.74, 6) is -0.540. The summed E-state index contributed by atoms with van der Waals surface area (Å²) in [6, 6.07) is 5.34. The van der Waals surface area contributed by atoms with Gasteiger partial charge in [-0.05, 0) is 54.9 Å². The number of hydrogen-bond acceptors (Lipinski definition) is 3. The maximum Gasteiger partial charge on any atom is 0.326 e. The van der Waals surface area contributed by atoms with Gasteiger partial charge in [0.25, 0.3) is 0 Å². The molecular formula is C18H25NO4. The van der Waals surface area contributed by atoms with E-state index in [4.69, 9.17) is 9.84 Å². The van der Waals surface area contributed by atoms with Crippen molar-refractivity contribution in [2.75, 3.05) is 6.61 Å². The summed E-state index contributed by atoms with van der Waals surface area (Å²) in [6.45, 7) is 4.00. The molecule has 1 atom stereocenters. The van der Waals surface area contributed by atoms with Crippen LogP contribution in [0.4, 0.5) is 0 Å². The molecule has 0 bridgehead atoms. The maximum atomic E-state index is 11.8. The highest BCUT2D eigenvalue weighted by Gasteiger charge is 2.22. The van der Waals surface area contributed by atoms with E-state index in [0.29, 0.717) is 13.0 Å². The van der Waals surface area contributed by atoms with Crippen molar-refractivity contribution >= 4 is 11.9 Å². The predicted octanol–water partition coefficient (Wildman–Crippen LogP) is 2.56. The van der Waals surface area contributed by atoms with Gasteiger partial charge in [0, 0.05) is 6.42 Å². The molecule has 126 valence electrons. The first kappa shape index (κ1) is 17.3. The highest BCUT2D eigenvalue weighted by atomic mass is 16.5. The smallest absolute Gasteiger partial charge is 0.326 e. The number of nitrogens with one attached hydrogen (secondary N) is 1. The fourth-order valence-corrected chi connectivity index (χ4v) is 2.82. The van der Waals surface area contributed by atoms with Gasteiger partial charge in [-0.25, -0.2) is 4.79 Å². The van der Waals surface area contributed by atoms with Gasteiger partial charge >= 0.3 is 5.97 Å². The Morgan fingerprint density at radius 3 is 2.70 bits per heavy atom. The summed E-state index contributed by atoms with van der Waals surface area (Å²) in [5, 5.41) is 11.6. The topological polar surface area (TPSA) is 75.6 Å². The third kappa shape index (κ3) is 4.98. The summed E-state index contributed by atoms with van der Waals surface area (Å²) >= 11 is 0. The first-order valence-corrected chi connectivity index (χ1v) is 8.24. The van der Waals surface area contributed by atoms with Crippen LogP contribution < -0.4 is 10.1 Å². The summed E-state index contributed by atoms with van der Waals surface area (Å²) in [6.07, 6.45) is 4.30. The van der Waals surface area contributed by atoms with Crippen molar-refractivity contribution in [3.63, 3.8) is 0 Å². The standard InChI is InChI=1S/C18H25NO4/c1-12(2)17(18(21)22)19-16(20)7-4-10-23-15-9-8-13-5-3-6-14(13)11-15/h8-9,11-12,17H,3-7,10H2,1-2H3,(H,19,20)(H,21,22). The Labute approximate surface area is 137 Å². The Morgan fingerprint density at radius 2 is 2.00 bits per heavy atom. The quantitative estimate of drug-likeness (QED) is 0.722. The molecule has 5 heteroatoms. The fourth-order valence-electron chi connectivity index (χ4n) is 2.82. The number of carboxylic acids is 1. The van der Waals surface area contributed by atoms with Crippen LogP contribution in [0.2, 0.25) is 0 Å². The van der Waals surface area contributed by atoms with Gasteiger partial charge in [-0.3, -0.25) is 4.79 Å². The van der Waals surface area contributed by atoms with Gasteiger partial charge in [-0.2, -0.15) is 0 Å². The second-order valence-electron chi connectivity index (χ2n) is 6.36. The van der Waals surface area contributed by atoms with E-state index in [2.05, 4.69) is 17.4 Å². The lowest BCUT2D eigenvalue weighted by molar-refractivity contribution is -0.143. The lowest BCUT2D eigenvalue weighted by Gasteiger charge is -2.17. The summed E-state index contributed by atoms with van der Waals surface area (Å²) < 4.78 is 5.69. The molecule has 0 fully saturated rings. The van der Waals surface area contributed by atoms with Gasteiger partial charge in [0.05, 0.1) is 6.61 Å². The molecule has 0 saturated carbocycles. The van der Waals surface area contributed by atoms with Crippen LogP contribution in [0.5, 0.6) is 5.75 Å². The van der Waals surface area contributed by atoms with Gasteiger partial charge in [0.1, 0.15) is 11.8 Å². The molecule has 2 rings (SSSR count). The molecule has 1 amide bonds. The minimum Gasteiger partial charge on any atom is -0.494 e. The molecule has 0 spiro atoms. The minimum absolute atomic E-state index is 0.140. The van der Waals surface area contributed by atoms with Crippen LogP contribution in [0.3, 0.4) is 0 Å². The Kier molecular flexibility index (Phi) is 6.02. The average Bonchev–Trinajstić information content (AvgIpc) is 2.96. The van der Waals surface area contributed by atoms with Gasteiger partial charge in [0.15, 0.2) is 0 Å². The summed E-state index contributed by atoms with van der Waals surface area (Å²) in [5.41, 5.74) is 2.77. The number of carbonyl (C=O) groups is 2. The minimum atomic E-state index is -0.997. The number of benzene rings is 1. The van der Waals surface area contributed by atoms with Gasteiger partial charge in [0.2, 0.25) is 5.91 Å². The van der Waals surface area contributed by atoms with Crippen LogP contribution in [0.15, 0.2) is 18.2 Å². The monoisotopic (exact) mass is 319 g/mol. The number of amides is 1. The normalized spacial score (nSPS) is 14.4. The Bertz CT molecular complexity index is 568. The van der Waals surface area contributed by atoms with E-state index in [1.807, 2.05) is 6.07 Å². The summed E-state index contributed by atoms with van der Waals surface area (Å²) in [7, 11) is 0. The van der Waals surface area contributed by atoms with Crippen LogP contribution in [-0.2, 0) is 22.4 Å². The molecule has 1 aliphatic carbocycles. The zero-order chi connectivity index (χ0) is 16.8. The number of aryl methyl sites for hydroxylation is 2. The average molecular weight is 319 g/mol. The van der Waals surface area contributed by atoms with Crippen LogP contribution in [0.1, 0.15) is 44.2 Å². The van der Waals surface area contributed by atoms with E-state index in [-0.39, 0.29) is 18.2 Å². The Hall–Kier alpha value is -2.04. The molecule has 1 unspecified atom stereocenters. The summed E-state index contributed by atoms with van der Waals surface area (Å²) in [4.78, 5) is 22.8. The zero-order valence-electron chi connectivity index (χ0n) is 13.8. The number of fused-ring (bicyclic) bond motifs is 1. The third-order valence-corrected chi connectivity index (χ3v) is 4.14. The first-order chi connectivity index (χ1) is 11.0. The van der Waals surface area contributed by atoms with Crippen molar-refractivity contribution < 1.29 is 19.4 Å². The lowest BCUT2D eigenvalue weighted by Crippen LogP contribution is -2.44. The van der Waals surface area contributed by atoms with Crippen molar-refractivity contribution in [3.8, 4) is 5.75 Å². The number of carboxylic acid groups (broad SMARTS) is 1. The van der Waals surface area contributed by atoms with E-state index in [1.54, 1.807) is 13.8 Å². The van der Waals surface area contributed by atoms with Crippen molar-refractivity contribution in [1.29, 1.82) is 0 Å². The first-order valence-electron chi connectivity index (χ1n) is 8.24. The number of ether oxygens (including phenoxy) is 1. The maximum absolute atomic E-state index is 11.8. The molecule has 0 aliphatic heterocycles. The highest BCUT2D eigenvalue weighted by molar-refractivity contribution is 5.83. The highest BCUT2D eigenvalue weighted by Crippen LogP contribution is 2.26. The van der Waals surface area contributed by atoms with Crippen molar-refractivity contribution in [2.45, 2.75) is 52.0 Å². The second-order valence-corrected chi connectivity index (χ2v) is 6.36. The van der Waals surface area contributed by atoms with Crippen LogP contribution >= 0.6 is 0 Å². The molecule has 1 aromatic rings. The third-order valence-electron chi connectivity index (χ3n) is 4.14. The van der Waals surface area contributed by atoms with Crippen LogP contribution in [-0.4, -0.2) is 29.6 Å². The van der Waals surface area contributed by atoms with Gasteiger partial charge < -0.3 is 15.2 Å². The van der Waals surface area contributed by atoms with Gasteiger partial charge in [-0.1, -0.05) is 19.9 Å². The number of rotatable bonds is 8. The Balaban J connectivity index is 1.70. The molecule has 23 heavy (non-hydrogen) atoms. The molecular weight excluding hydrogens is 294 g/mol. The van der Waals surface area contributed by atoms with E-state index in [1.165, 1.54) is 17.5 Å². The number of hydrogen-bond donors (Lipinski definition) is 2. The number of carbonyl (C=O) groups excluding carboxylic acids is 1. The molecule has 0 radical (unpaired) electrons. The molecule has 1 aliphatic rings. The van der Waals surface area contributed by atoms with Crippen LogP contribution in [0.25, 0.3) is 0 Å². The second kappa shape index (κ2) is 7.99. The molecule has 1 aromatic carbocycles. The van der Waals surface area contributed by atoms with E-state index < -0.39 is 12.0 Å². The largest absolute Gasteiger partial charge is 0.494 e. The van der Waals surface area contributed by atoms with Crippen LogP contribution in [0, 0.1) is 5.92 Å². The zero-order valence-corrected chi connectivity index (χ0v) is 13.8. The van der Waals surface area contributed by atoms with Gasteiger partial charge in [-0.15, -0.1) is 0 Å². The molecule has 2 N–H and O–H groups in total. The SMILES string of the molecule is CC(C)C(NC(=O)CCCOc1ccc2c(c1)CCC2)C(=O)O. The molecule has 0 aromatic heterocycles. The Morgan fingerprint density at radius 1 is 1.26 bits per heavy atom. The van der Waals surface area contributed by atoms with Crippen molar-refractivity contribution in [2.24, 2.45) is 5.92 Å².